The van der Waals surface area contributed by atoms with Gasteiger partial charge in [-0.05, 0) is 66.8 Å². The highest BCUT2D eigenvalue weighted by molar-refractivity contribution is 7.90. The fourth-order valence-electron chi connectivity index (χ4n) is 5.37. The van der Waals surface area contributed by atoms with Crippen LogP contribution in [0.3, 0.4) is 0 Å². The van der Waals surface area contributed by atoms with Crippen LogP contribution >= 0.6 is 0 Å². The van der Waals surface area contributed by atoms with Gasteiger partial charge in [0.2, 0.25) is 0 Å². The number of fused-ring (bicyclic) bond motifs is 1. The molecule has 0 aliphatic heterocycles. The normalized spacial score (nSPS) is 16.5. The van der Waals surface area contributed by atoms with Gasteiger partial charge >= 0.3 is 5.97 Å². The van der Waals surface area contributed by atoms with E-state index in [4.69, 9.17) is 6.57 Å². The van der Waals surface area contributed by atoms with Crippen molar-refractivity contribution in [1.29, 1.82) is 0 Å². The number of aliphatic carboxylic acids is 1. The molecular formula is C32H23FN2O4S. The molecule has 1 saturated carbocycles. The number of carboxylic acid groups (broad SMARTS) is 1. The molecular weight excluding hydrogens is 527 g/mol. The molecule has 1 N–H and O–H groups in total. The Hall–Kier alpha value is -4.74. The molecule has 40 heavy (non-hydrogen) atoms. The second kappa shape index (κ2) is 9.47. The van der Waals surface area contributed by atoms with Crippen molar-refractivity contribution < 1.29 is 22.7 Å². The molecule has 1 heterocycles. The van der Waals surface area contributed by atoms with Gasteiger partial charge in [-0.2, -0.15) is 0 Å². The lowest BCUT2D eigenvalue weighted by Crippen LogP contribution is -2.14. The lowest BCUT2D eigenvalue weighted by atomic mass is 9.95. The van der Waals surface area contributed by atoms with Gasteiger partial charge in [0, 0.05) is 16.5 Å². The molecule has 0 spiro atoms. The second-order valence-corrected chi connectivity index (χ2v) is 11.8. The van der Waals surface area contributed by atoms with Crippen LogP contribution < -0.4 is 0 Å². The molecule has 1 aliphatic carbocycles. The summed E-state index contributed by atoms with van der Waals surface area (Å²) in [6.07, 6.45) is 0.510. The molecule has 1 aromatic heterocycles. The fraction of sp³-hybridized carbons (Fsp3) is 0.125. The number of halogens is 1. The van der Waals surface area contributed by atoms with E-state index in [2.05, 4.69) is 4.85 Å². The van der Waals surface area contributed by atoms with Gasteiger partial charge in [0.15, 0.2) is 5.69 Å². The van der Waals surface area contributed by atoms with Crippen molar-refractivity contribution in [2.45, 2.75) is 24.2 Å². The molecule has 4 aromatic carbocycles. The number of aryl methyl sites for hydroxylation is 1. The Bertz CT molecular complexity index is 1970. The molecule has 198 valence electrons. The fourth-order valence-corrected chi connectivity index (χ4v) is 6.92. The van der Waals surface area contributed by atoms with Crippen LogP contribution in [0.1, 0.15) is 23.5 Å². The van der Waals surface area contributed by atoms with Crippen LogP contribution in [-0.2, 0) is 14.8 Å². The first-order valence-corrected chi connectivity index (χ1v) is 14.1. The van der Waals surface area contributed by atoms with Crippen molar-refractivity contribution in [3.8, 4) is 22.4 Å². The Morgan fingerprint density at radius 2 is 1.75 bits per heavy atom. The highest BCUT2D eigenvalue weighted by Crippen LogP contribution is 2.50. The van der Waals surface area contributed by atoms with E-state index in [1.807, 2.05) is 19.1 Å². The SMILES string of the molecule is [C-]#[N+]c1cc(F)ccc1-c1c(-c2cccc(C3CC3C(=O)O)c2)n(S(=O)(=O)c2ccc(C)cc2)c2ccccc12. The molecule has 0 bridgehead atoms. The molecule has 2 atom stereocenters. The minimum absolute atomic E-state index is 0.0566. The number of benzene rings is 4. The number of hydrogen-bond acceptors (Lipinski definition) is 3. The summed E-state index contributed by atoms with van der Waals surface area (Å²) in [5, 5.41) is 10.1. The van der Waals surface area contributed by atoms with E-state index in [1.165, 1.54) is 16.1 Å². The molecule has 2 unspecified atom stereocenters. The zero-order valence-corrected chi connectivity index (χ0v) is 22.2. The van der Waals surface area contributed by atoms with E-state index < -0.39 is 27.7 Å². The van der Waals surface area contributed by atoms with Crippen LogP contribution in [0.25, 0.3) is 38.1 Å². The van der Waals surface area contributed by atoms with Crippen LogP contribution in [0.4, 0.5) is 10.1 Å². The maximum absolute atomic E-state index is 14.3. The first-order chi connectivity index (χ1) is 19.2. The van der Waals surface area contributed by atoms with Gasteiger partial charge in [-0.25, -0.2) is 21.6 Å². The Morgan fingerprint density at radius 1 is 1.00 bits per heavy atom. The quantitative estimate of drug-likeness (QED) is 0.223. The van der Waals surface area contributed by atoms with E-state index in [-0.39, 0.29) is 16.5 Å². The summed E-state index contributed by atoms with van der Waals surface area (Å²) in [6, 6.07) is 24.8. The van der Waals surface area contributed by atoms with Crippen LogP contribution in [0.2, 0.25) is 0 Å². The molecule has 1 aliphatic rings. The second-order valence-electron chi connectivity index (χ2n) is 10.0. The van der Waals surface area contributed by atoms with Gasteiger partial charge in [0.25, 0.3) is 10.0 Å². The number of para-hydroxylation sites is 1. The number of rotatable bonds is 6. The Labute approximate surface area is 230 Å². The highest BCUT2D eigenvalue weighted by atomic mass is 32.2. The summed E-state index contributed by atoms with van der Waals surface area (Å²) >= 11 is 0. The zero-order chi connectivity index (χ0) is 28.2. The third-order valence-electron chi connectivity index (χ3n) is 7.44. The first kappa shape index (κ1) is 25.5. The number of nitrogens with zero attached hydrogens (tertiary/aromatic N) is 2. The maximum Gasteiger partial charge on any atom is 0.307 e. The van der Waals surface area contributed by atoms with Crippen molar-refractivity contribution in [2.75, 3.05) is 0 Å². The van der Waals surface area contributed by atoms with Gasteiger partial charge in [0.05, 0.1) is 28.6 Å². The van der Waals surface area contributed by atoms with Crippen molar-refractivity contribution in [3.05, 3.63) is 119 Å². The van der Waals surface area contributed by atoms with Gasteiger partial charge < -0.3 is 5.11 Å². The standard InChI is InChI=1S/C32H23FN2O4S/c1-19-10-13-23(14-11-19)40(38,39)35-29-9-4-3-8-25(29)30(24-15-12-22(33)17-28(24)34-2)31(35)21-7-5-6-20(16-21)26-18-27(26)32(36)37/h3-17,26-27H,18H2,1H3,(H,36,37). The average Bonchev–Trinajstić information content (AvgIpc) is 3.69. The molecule has 0 saturated heterocycles. The monoisotopic (exact) mass is 550 g/mol. The molecule has 8 heteroatoms. The highest BCUT2D eigenvalue weighted by Gasteiger charge is 2.44. The molecule has 5 aromatic rings. The van der Waals surface area contributed by atoms with E-state index in [9.17, 15) is 22.7 Å². The van der Waals surface area contributed by atoms with E-state index in [0.29, 0.717) is 39.7 Å². The summed E-state index contributed by atoms with van der Waals surface area (Å²) in [4.78, 5) is 15.2. The molecule has 0 radical (unpaired) electrons. The molecule has 1 fully saturated rings. The molecule has 6 nitrogen and oxygen atoms in total. The van der Waals surface area contributed by atoms with Crippen molar-refractivity contribution >= 4 is 32.6 Å². The number of aromatic nitrogens is 1. The Kier molecular flexibility index (Phi) is 6.05. The van der Waals surface area contributed by atoms with Gasteiger partial charge in [0.1, 0.15) is 5.82 Å². The number of carbonyl (C=O) groups is 1. The van der Waals surface area contributed by atoms with E-state index in [1.54, 1.807) is 60.7 Å². The molecule has 0 amide bonds. The lowest BCUT2D eigenvalue weighted by molar-refractivity contribution is -0.138. The van der Waals surface area contributed by atoms with Crippen LogP contribution in [0.5, 0.6) is 0 Å². The van der Waals surface area contributed by atoms with Crippen LogP contribution in [0.15, 0.2) is 95.9 Å². The topological polar surface area (TPSA) is 80.7 Å². The third kappa shape index (κ3) is 4.16. The number of hydrogen-bond donors (Lipinski definition) is 1. The summed E-state index contributed by atoms with van der Waals surface area (Å²) in [5.74, 6) is -2.08. The largest absolute Gasteiger partial charge is 0.481 e. The van der Waals surface area contributed by atoms with Gasteiger partial charge in [-0.15, -0.1) is 0 Å². The lowest BCUT2D eigenvalue weighted by Gasteiger charge is -2.15. The van der Waals surface area contributed by atoms with Crippen LogP contribution in [0, 0.1) is 25.2 Å². The van der Waals surface area contributed by atoms with E-state index >= 15 is 0 Å². The summed E-state index contributed by atoms with van der Waals surface area (Å²) in [7, 11) is -4.15. The van der Waals surface area contributed by atoms with Gasteiger partial charge in [-0.1, -0.05) is 60.2 Å². The first-order valence-electron chi connectivity index (χ1n) is 12.7. The van der Waals surface area contributed by atoms with Gasteiger partial charge in [-0.3, -0.25) is 4.79 Å². The van der Waals surface area contributed by atoms with Crippen molar-refractivity contribution in [3.63, 3.8) is 0 Å². The summed E-state index contributed by atoms with van der Waals surface area (Å²) in [6.45, 7) is 9.61. The summed E-state index contributed by atoms with van der Waals surface area (Å²) < 4.78 is 44.2. The minimum atomic E-state index is -4.15. The van der Waals surface area contributed by atoms with Crippen LogP contribution in [-0.4, -0.2) is 23.5 Å². The smallest absolute Gasteiger partial charge is 0.307 e. The van der Waals surface area contributed by atoms with E-state index in [0.717, 1.165) is 17.2 Å². The predicted molar refractivity (Wildman–Crippen MR) is 151 cm³/mol. The minimum Gasteiger partial charge on any atom is -0.481 e. The van der Waals surface area contributed by atoms with Crippen molar-refractivity contribution in [2.24, 2.45) is 5.92 Å². The number of carboxylic acids is 1. The third-order valence-corrected chi connectivity index (χ3v) is 9.16. The summed E-state index contributed by atoms with van der Waals surface area (Å²) in [5.41, 5.74) is 3.94. The average molecular weight is 551 g/mol. The Morgan fingerprint density at radius 3 is 2.45 bits per heavy atom. The Balaban J connectivity index is 1.72. The maximum atomic E-state index is 14.3. The predicted octanol–water partition coefficient (Wildman–Crippen LogP) is 7.40. The zero-order valence-electron chi connectivity index (χ0n) is 21.4. The van der Waals surface area contributed by atoms with Crippen molar-refractivity contribution in [1.82, 2.24) is 3.97 Å². The molecule has 6 rings (SSSR count).